The topological polar surface area (TPSA) is 47.6 Å². The summed E-state index contributed by atoms with van der Waals surface area (Å²) in [5.41, 5.74) is 2.41. The Bertz CT molecular complexity index is 717. The Labute approximate surface area is 156 Å². The quantitative estimate of drug-likeness (QED) is 0.755. The van der Waals surface area contributed by atoms with Crippen LogP contribution in [0.2, 0.25) is 0 Å². The van der Waals surface area contributed by atoms with E-state index < -0.39 is 6.10 Å². The van der Waals surface area contributed by atoms with E-state index in [1.807, 2.05) is 55.5 Å². The zero-order valence-electron chi connectivity index (χ0n) is 16.3. The lowest BCUT2D eigenvalue weighted by Crippen LogP contribution is -2.38. The fraction of sp³-hybridized carbons (Fsp3) is 0.409. The molecule has 0 spiro atoms. The summed E-state index contributed by atoms with van der Waals surface area (Å²) in [6, 6.07) is 15.7. The van der Waals surface area contributed by atoms with Crippen LogP contribution in [0.3, 0.4) is 0 Å². The fourth-order valence-corrected chi connectivity index (χ4v) is 2.49. The standard InChI is InChI=1S/C22H29NO3/c1-16-8-6-7-9-20(16)25-15-14-23-21(24)17(2)26-19-12-10-18(11-13-19)22(3,4)5/h6-13,17H,14-15H2,1-5H3,(H,23,24)/t17-/m0/s1. The van der Waals surface area contributed by atoms with Gasteiger partial charge in [-0.05, 0) is 48.6 Å². The maximum atomic E-state index is 12.2. The molecule has 0 unspecified atom stereocenters. The first-order valence-corrected chi connectivity index (χ1v) is 9.01. The van der Waals surface area contributed by atoms with Crippen LogP contribution >= 0.6 is 0 Å². The predicted molar refractivity (Wildman–Crippen MR) is 105 cm³/mol. The Morgan fingerprint density at radius 3 is 2.35 bits per heavy atom. The van der Waals surface area contributed by atoms with E-state index in [1.54, 1.807) is 6.92 Å². The van der Waals surface area contributed by atoms with Crippen molar-refractivity contribution in [2.24, 2.45) is 0 Å². The molecule has 2 aromatic rings. The molecule has 140 valence electrons. The van der Waals surface area contributed by atoms with Crippen molar-refractivity contribution in [3.63, 3.8) is 0 Å². The van der Waals surface area contributed by atoms with Crippen molar-refractivity contribution in [1.29, 1.82) is 0 Å². The van der Waals surface area contributed by atoms with Gasteiger partial charge < -0.3 is 14.8 Å². The summed E-state index contributed by atoms with van der Waals surface area (Å²) in [4.78, 5) is 12.2. The summed E-state index contributed by atoms with van der Waals surface area (Å²) in [5, 5.41) is 2.84. The van der Waals surface area contributed by atoms with Crippen molar-refractivity contribution in [1.82, 2.24) is 5.32 Å². The van der Waals surface area contributed by atoms with Crippen molar-refractivity contribution < 1.29 is 14.3 Å². The van der Waals surface area contributed by atoms with Crippen molar-refractivity contribution in [3.8, 4) is 11.5 Å². The van der Waals surface area contributed by atoms with E-state index in [2.05, 4.69) is 26.1 Å². The lowest BCUT2D eigenvalue weighted by atomic mass is 9.87. The Morgan fingerprint density at radius 2 is 1.73 bits per heavy atom. The van der Waals surface area contributed by atoms with Gasteiger partial charge in [0.2, 0.25) is 0 Å². The third-order valence-electron chi connectivity index (χ3n) is 4.15. The highest BCUT2D eigenvalue weighted by Gasteiger charge is 2.16. The first kappa shape index (κ1) is 19.8. The zero-order chi connectivity index (χ0) is 19.2. The molecule has 0 aliphatic carbocycles. The number of aryl methyl sites for hydroxylation is 1. The lowest BCUT2D eigenvalue weighted by Gasteiger charge is -2.20. The average molecular weight is 355 g/mol. The molecule has 1 N–H and O–H groups in total. The van der Waals surface area contributed by atoms with Gasteiger partial charge in [-0.3, -0.25) is 4.79 Å². The van der Waals surface area contributed by atoms with E-state index in [9.17, 15) is 4.79 Å². The summed E-state index contributed by atoms with van der Waals surface area (Å²) < 4.78 is 11.4. The minimum absolute atomic E-state index is 0.0959. The van der Waals surface area contributed by atoms with Gasteiger partial charge in [0.15, 0.2) is 6.10 Å². The fourth-order valence-electron chi connectivity index (χ4n) is 2.49. The van der Waals surface area contributed by atoms with Crippen molar-refractivity contribution in [2.45, 2.75) is 46.1 Å². The Kier molecular flexibility index (Phi) is 6.67. The van der Waals surface area contributed by atoms with Crippen LogP contribution in [0.15, 0.2) is 48.5 Å². The van der Waals surface area contributed by atoms with Crippen LogP contribution in [0.1, 0.15) is 38.8 Å². The predicted octanol–water partition coefficient (Wildman–Crippen LogP) is 4.26. The van der Waals surface area contributed by atoms with E-state index in [-0.39, 0.29) is 11.3 Å². The monoisotopic (exact) mass is 355 g/mol. The molecule has 0 aliphatic heterocycles. The number of rotatable bonds is 7. The molecule has 0 aromatic heterocycles. The van der Waals surface area contributed by atoms with E-state index >= 15 is 0 Å². The minimum Gasteiger partial charge on any atom is -0.491 e. The number of benzene rings is 2. The molecular weight excluding hydrogens is 326 g/mol. The average Bonchev–Trinajstić information content (AvgIpc) is 2.59. The van der Waals surface area contributed by atoms with Gasteiger partial charge in [-0.15, -0.1) is 0 Å². The molecule has 4 heteroatoms. The van der Waals surface area contributed by atoms with Crippen LogP contribution in [-0.4, -0.2) is 25.2 Å². The molecule has 0 fully saturated rings. The second kappa shape index (κ2) is 8.75. The highest BCUT2D eigenvalue weighted by molar-refractivity contribution is 5.80. The summed E-state index contributed by atoms with van der Waals surface area (Å²) >= 11 is 0. The number of carbonyl (C=O) groups excluding carboxylic acids is 1. The summed E-state index contributed by atoms with van der Waals surface area (Å²) in [7, 11) is 0. The first-order chi connectivity index (χ1) is 12.3. The summed E-state index contributed by atoms with van der Waals surface area (Å²) in [6.07, 6.45) is -0.561. The SMILES string of the molecule is Cc1ccccc1OCCNC(=O)[C@H](C)Oc1ccc(C(C)(C)C)cc1. The van der Waals surface area contributed by atoms with Gasteiger partial charge in [-0.2, -0.15) is 0 Å². The van der Waals surface area contributed by atoms with Gasteiger partial charge in [0.25, 0.3) is 5.91 Å². The molecule has 26 heavy (non-hydrogen) atoms. The highest BCUT2D eigenvalue weighted by Crippen LogP contribution is 2.24. The van der Waals surface area contributed by atoms with Gasteiger partial charge in [-0.25, -0.2) is 0 Å². The second-order valence-electron chi connectivity index (χ2n) is 7.44. The van der Waals surface area contributed by atoms with Gasteiger partial charge >= 0.3 is 0 Å². The summed E-state index contributed by atoms with van der Waals surface area (Å²) in [5.74, 6) is 1.38. The van der Waals surface area contributed by atoms with Crippen molar-refractivity contribution in [3.05, 3.63) is 59.7 Å². The van der Waals surface area contributed by atoms with Gasteiger partial charge in [0, 0.05) is 0 Å². The van der Waals surface area contributed by atoms with Crippen LogP contribution in [0.25, 0.3) is 0 Å². The maximum Gasteiger partial charge on any atom is 0.260 e. The third-order valence-corrected chi connectivity index (χ3v) is 4.15. The molecule has 2 rings (SSSR count). The molecule has 0 radical (unpaired) electrons. The molecule has 0 saturated heterocycles. The first-order valence-electron chi connectivity index (χ1n) is 9.01. The molecule has 2 aromatic carbocycles. The number of amides is 1. The van der Waals surface area contributed by atoms with Crippen LogP contribution in [0, 0.1) is 6.92 Å². The van der Waals surface area contributed by atoms with Crippen LogP contribution < -0.4 is 14.8 Å². The van der Waals surface area contributed by atoms with E-state index in [4.69, 9.17) is 9.47 Å². The van der Waals surface area contributed by atoms with Gasteiger partial charge in [-0.1, -0.05) is 51.1 Å². The number of para-hydroxylation sites is 1. The normalized spacial score (nSPS) is 12.3. The molecule has 1 atom stereocenters. The van der Waals surface area contributed by atoms with E-state index in [0.717, 1.165) is 11.3 Å². The second-order valence-corrected chi connectivity index (χ2v) is 7.44. The largest absolute Gasteiger partial charge is 0.491 e. The summed E-state index contributed by atoms with van der Waals surface area (Å²) in [6.45, 7) is 11.1. The molecule has 0 saturated carbocycles. The Morgan fingerprint density at radius 1 is 1.08 bits per heavy atom. The minimum atomic E-state index is -0.561. The van der Waals surface area contributed by atoms with Gasteiger partial charge in [0.1, 0.15) is 18.1 Å². The molecular formula is C22H29NO3. The maximum absolute atomic E-state index is 12.2. The number of carbonyl (C=O) groups is 1. The molecule has 1 amide bonds. The van der Waals surface area contributed by atoms with E-state index in [0.29, 0.717) is 18.9 Å². The molecule has 0 aliphatic rings. The van der Waals surface area contributed by atoms with Gasteiger partial charge in [0.05, 0.1) is 6.54 Å². The van der Waals surface area contributed by atoms with E-state index in [1.165, 1.54) is 5.56 Å². The number of hydrogen-bond donors (Lipinski definition) is 1. The van der Waals surface area contributed by atoms with Crippen LogP contribution in [-0.2, 0) is 10.2 Å². The third kappa shape index (κ3) is 5.80. The zero-order valence-corrected chi connectivity index (χ0v) is 16.3. The molecule has 4 nitrogen and oxygen atoms in total. The molecule has 0 bridgehead atoms. The van der Waals surface area contributed by atoms with Crippen molar-refractivity contribution in [2.75, 3.05) is 13.2 Å². The number of hydrogen-bond acceptors (Lipinski definition) is 3. The van der Waals surface area contributed by atoms with Crippen molar-refractivity contribution >= 4 is 5.91 Å². The Hall–Kier alpha value is -2.49. The number of ether oxygens (including phenoxy) is 2. The van der Waals surface area contributed by atoms with Crippen LogP contribution in [0.5, 0.6) is 11.5 Å². The van der Waals surface area contributed by atoms with Crippen LogP contribution in [0.4, 0.5) is 0 Å². The Balaban J connectivity index is 1.76. The highest BCUT2D eigenvalue weighted by atomic mass is 16.5. The smallest absolute Gasteiger partial charge is 0.260 e. The number of nitrogens with one attached hydrogen (secondary N) is 1. The molecule has 0 heterocycles. The lowest BCUT2D eigenvalue weighted by molar-refractivity contribution is -0.127.